The van der Waals surface area contributed by atoms with Crippen molar-refractivity contribution in [2.45, 2.75) is 24.3 Å². The molecule has 1 aliphatic heterocycles. The predicted molar refractivity (Wildman–Crippen MR) is 74.7 cm³/mol. The highest BCUT2D eigenvalue weighted by Gasteiger charge is 2.32. The van der Waals surface area contributed by atoms with Crippen LogP contribution in [0.25, 0.3) is 0 Å². The molecule has 19 heavy (non-hydrogen) atoms. The van der Waals surface area contributed by atoms with Gasteiger partial charge in [0.1, 0.15) is 4.90 Å². The average Bonchev–Trinajstić information content (AvgIpc) is 2.38. The zero-order valence-corrected chi connectivity index (χ0v) is 12.2. The van der Waals surface area contributed by atoms with Crippen LogP contribution in [0.1, 0.15) is 13.3 Å². The van der Waals surface area contributed by atoms with E-state index in [1.165, 1.54) is 16.4 Å². The summed E-state index contributed by atoms with van der Waals surface area (Å²) in [6.07, 6.45) is 0.691. The molecule has 1 aromatic rings. The molecule has 106 valence electrons. The molecule has 1 atom stereocenters. The van der Waals surface area contributed by atoms with E-state index >= 15 is 0 Å². The monoisotopic (exact) mass is 304 g/mol. The van der Waals surface area contributed by atoms with Crippen molar-refractivity contribution in [1.29, 1.82) is 0 Å². The first kappa shape index (κ1) is 14.6. The number of morpholine rings is 1. The van der Waals surface area contributed by atoms with Gasteiger partial charge in [-0.05, 0) is 18.6 Å². The van der Waals surface area contributed by atoms with Crippen LogP contribution in [0.3, 0.4) is 0 Å². The topological polar surface area (TPSA) is 72.6 Å². The molecule has 1 heterocycles. The molecule has 1 fully saturated rings. The summed E-state index contributed by atoms with van der Waals surface area (Å²) in [5, 5.41) is 0.152. The smallest absolute Gasteiger partial charge is 0.246 e. The molecular weight excluding hydrogens is 288 g/mol. The van der Waals surface area contributed by atoms with Gasteiger partial charge in [0.15, 0.2) is 0 Å². The Morgan fingerprint density at radius 1 is 1.53 bits per heavy atom. The summed E-state index contributed by atoms with van der Waals surface area (Å²) >= 11 is 5.99. The van der Waals surface area contributed by atoms with Gasteiger partial charge < -0.3 is 10.5 Å². The molecule has 7 heteroatoms. The number of hydrogen-bond donors (Lipinski definition) is 1. The van der Waals surface area contributed by atoms with Crippen LogP contribution in [0.4, 0.5) is 5.69 Å². The number of hydrogen-bond acceptors (Lipinski definition) is 4. The average molecular weight is 305 g/mol. The summed E-state index contributed by atoms with van der Waals surface area (Å²) in [6.45, 7) is 3.01. The lowest BCUT2D eigenvalue weighted by molar-refractivity contribution is -0.00276. The lowest BCUT2D eigenvalue weighted by Crippen LogP contribution is -2.45. The van der Waals surface area contributed by atoms with Gasteiger partial charge in [-0.15, -0.1) is 0 Å². The molecule has 0 bridgehead atoms. The van der Waals surface area contributed by atoms with E-state index in [4.69, 9.17) is 22.1 Å². The largest absolute Gasteiger partial charge is 0.398 e. The number of benzene rings is 1. The maximum absolute atomic E-state index is 12.6. The summed E-state index contributed by atoms with van der Waals surface area (Å²) in [6, 6.07) is 4.70. The highest BCUT2D eigenvalue weighted by atomic mass is 35.5. The second kappa shape index (κ2) is 5.66. The third-order valence-electron chi connectivity index (χ3n) is 3.15. The minimum atomic E-state index is -3.67. The van der Waals surface area contributed by atoms with Crippen LogP contribution in [0.15, 0.2) is 23.1 Å². The van der Waals surface area contributed by atoms with Crippen molar-refractivity contribution in [2.75, 3.05) is 25.4 Å². The van der Waals surface area contributed by atoms with Gasteiger partial charge in [0.05, 0.1) is 23.4 Å². The molecule has 2 rings (SSSR count). The van der Waals surface area contributed by atoms with Gasteiger partial charge >= 0.3 is 0 Å². The van der Waals surface area contributed by atoms with Crippen LogP contribution in [-0.2, 0) is 14.8 Å². The Labute approximate surface area is 118 Å². The highest BCUT2D eigenvalue weighted by molar-refractivity contribution is 7.89. The van der Waals surface area contributed by atoms with E-state index in [-0.39, 0.29) is 21.7 Å². The van der Waals surface area contributed by atoms with Crippen molar-refractivity contribution in [3.63, 3.8) is 0 Å². The molecule has 1 aromatic carbocycles. The van der Waals surface area contributed by atoms with Crippen molar-refractivity contribution >= 4 is 27.3 Å². The van der Waals surface area contributed by atoms with E-state index in [1.807, 2.05) is 6.92 Å². The van der Waals surface area contributed by atoms with Gasteiger partial charge in [-0.1, -0.05) is 24.6 Å². The van der Waals surface area contributed by atoms with Crippen molar-refractivity contribution in [2.24, 2.45) is 0 Å². The third-order valence-corrected chi connectivity index (χ3v) is 5.56. The minimum absolute atomic E-state index is 0.00609. The van der Waals surface area contributed by atoms with Gasteiger partial charge in [-0.25, -0.2) is 8.42 Å². The lowest BCUT2D eigenvalue weighted by atomic mass is 10.2. The molecule has 0 aromatic heterocycles. The Morgan fingerprint density at radius 2 is 2.26 bits per heavy atom. The van der Waals surface area contributed by atoms with E-state index in [9.17, 15) is 8.42 Å². The van der Waals surface area contributed by atoms with E-state index in [1.54, 1.807) is 6.07 Å². The number of sulfonamides is 1. The number of rotatable bonds is 3. The normalized spacial score (nSPS) is 21.5. The molecular formula is C12H17ClN2O3S. The quantitative estimate of drug-likeness (QED) is 0.863. The Bertz CT molecular complexity index is 542. The molecule has 0 spiro atoms. The molecule has 1 unspecified atom stereocenters. The van der Waals surface area contributed by atoms with Crippen molar-refractivity contribution < 1.29 is 13.2 Å². The fraction of sp³-hybridized carbons (Fsp3) is 0.500. The van der Waals surface area contributed by atoms with E-state index in [0.717, 1.165) is 6.42 Å². The molecule has 1 aliphatic rings. The molecule has 0 saturated carbocycles. The van der Waals surface area contributed by atoms with Crippen molar-refractivity contribution in [1.82, 2.24) is 4.31 Å². The highest BCUT2D eigenvalue weighted by Crippen LogP contribution is 2.30. The number of ether oxygens (including phenoxy) is 1. The number of nitrogens with two attached hydrogens (primary N) is 1. The van der Waals surface area contributed by atoms with Crippen LogP contribution in [0, 0.1) is 0 Å². The van der Waals surface area contributed by atoms with Crippen LogP contribution in [-0.4, -0.2) is 38.5 Å². The van der Waals surface area contributed by atoms with E-state index < -0.39 is 10.0 Å². The molecule has 0 amide bonds. The molecule has 0 radical (unpaired) electrons. The number of nitrogens with zero attached hydrogens (tertiary/aromatic N) is 1. The van der Waals surface area contributed by atoms with E-state index in [2.05, 4.69) is 0 Å². The number of nitrogen functional groups attached to an aromatic ring is 1. The van der Waals surface area contributed by atoms with Gasteiger partial charge in [0, 0.05) is 13.1 Å². The van der Waals surface area contributed by atoms with Crippen molar-refractivity contribution in [3.05, 3.63) is 23.2 Å². The summed E-state index contributed by atoms with van der Waals surface area (Å²) in [4.78, 5) is -0.00609. The lowest BCUT2D eigenvalue weighted by Gasteiger charge is -2.32. The summed E-state index contributed by atoms with van der Waals surface area (Å²) in [5.74, 6) is 0. The summed E-state index contributed by atoms with van der Waals surface area (Å²) in [5.41, 5.74) is 5.93. The van der Waals surface area contributed by atoms with Crippen LogP contribution >= 0.6 is 11.6 Å². The summed E-state index contributed by atoms with van der Waals surface area (Å²) < 4.78 is 32.1. The van der Waals surface area contributed by atoms with Gasteiger partial charge in [-0.2, -0.15) is 4.31 Å². The Hall–Kier alpha value is -0.820. The molecule has 2 N–H and O–H groups in total. The van der Waals surface area contributed by atoms with Crippen LogP contribution < -0.4 is 5.73 Å². The Kier molecular flexibility index (Phi) is 4.35. The molecule has 1 saturated heterocycles. The SMILES string of the molecule is CCC1CN(S(=O)(=O)c2c(N)cccc2Cl)CCO1. The fourth-order valence-corrected chi connectivity index (χ4v) is 4.17. The van der Waals surface area contributed by atoms with Gasteiger partial charge in [0.25, 0.3) is 0 Å². The maximum atomic E-state index is 12.6. The standard InChI is InChI=1S/C12H17ClN2O3S/c1-2-9-8-15(6-7-18-9)19(16,17)12-10(13)4-3-5-11(12)14/h3-5,9H,2,6-8,14H2,1H3. The zero-order chi connectivity index (χ0) is 14.0. The minimum Gasteiger partial charge on any atom is -0.398 e. The van der Waals surface area contributed by atoms with Crippen LogP contribution in [0.5, 0.6) is 0 Å². The first-order valence-corrected chi connectivity index (χ1v) is 7.94. The maximum Gasteiger partial charge on any atom is 0.246 e. The van der Waals surface area contributed by atoms with Gasteiger partial charge in [-0.3, -0.25) is 0 Å². The molecule has 0 aliphatic carbocycles. The van der Waals surface area contributed by atoms with E-state index in [0.29, 0.717) is 19.7 Å². The molecule has 5 nitrogen and oxygen atoms in total. The first-order chi connectivity index (χ1) is 8.96. The Morgan fingerprint density at radius 3 is 2.89 bits per heavy atom. The van der Waals surface area contributed by atoms with Crippen LogP contribution in [0.2, 0.25) is 5.02 Å². The first-order valence-electron chi connectivity index (χ1n) is 6.12. The number of halogens is 1. The second-order valence-electron chi connectivity index (χ2n) is 4.42. The third kappa shape index (κ3) is 2.86. The van der Waals surface area contributed by atoms with Gasteiger partial charge in [0.2, 0.25) is 10.0 Å². The zero-order valence-electron chi connectivity index (χ0n) is 10.7. The number of anilines is 1. The second-order valence-corrected chi connectivity index (χ2v) is 6.70. The Balaban J connectivity index is 2.37. The fourth-order valence-electron chi connectivity index (χ4n) is 2.08. The van der Waals surface area contributed by atoms with Crippen molar-refractivity contribution in [3.8, 4) is 0 Å². The summed E-state index contributed by atoms with van der Waals surface area (Å²) in [7, 11) is -3.67. The predicted octanol–water partition coefficient (Wildman–Crippen LogP) is 1.72.